The molecular weight excluding hydrogens is 402 g/mol. The molecule has 0 fully saturated rings. The number of fused-ring (bicyclic) bond motifs is 1. The maximum absolute atomic E-state index is 12.8. The molecule has 29 heavy (non-hydrogen) atoms. The average Bonchev–Trinajstić information content (AvgIpc) is 3.16. The van der Waals surface area contributed by atoms with Gasteiger partial charge in [-0.15, -0.1) is 11.3 Å². The van der Waals surface area contributed by atoms with Crippen LogP contribution in [0.5, 0.6) is 0 Å². The van der Waals surface area contributed by atoms with E-state index in [-0.39, 0.29) is 17.2 Å². The molecule has 0 bridgehead atoms. The summed E-state index contributed by atoms with van der Waals surface area (Å²) in [4.78, 5) is 31.4. The standard InChI is InChI=1S/C22H19N3O2S2/c1-14-8-10-16(11-9-14)23-19(26)13-28-22-24-20-17(21(27)25(22)2)12-18(29-20)15-6-4-3-5-7-15/h3-12H,13H2,1-2H3,(H,23,26). The van der Waals surface area contributed by atoms with Gasteiger partial charge in [-0.3, -0.25) is 14.2 Å². The van der Waals surface area contributed by atoms with Crippen LogP contribution in [0.1, 0.15) is 5.56 Å². The predicted octanol–water partition coefficient (Wildman–Crippen LogP) is 4.70. The summed E-state index contributed by atoms with van der Waals surface area (Å²) < 4.78 is 1.51. The SMILES string of the molecule is Cc1ccc(NC(=O)CSc2nc3sc(-c4ccccc4)cc3c(=O)n2C)cc1. The number of carbonyl (C=O) groups is 1. The second-order valence-corrected chi connectivity index (χ2v) is 8.63. The highest BCUT2D eigenvalue weighted by Crippen LogP contribution is 2.31. The number of aromatic nitrogens is 2. The van der Waals surface area contributed by atoms with Crippen molar-refractivity contribution in [3.8, 4) is 10.4 Å². The van der Waals surface area contributed by atoms with E-state index in [9.17, 15) is 9.59 Å². The Labute approximate surface area is 176 Å². The molecule has 7 heteroatoms. The molecule has 0 atom stereocenters. The fourth-order valence-corrected chi connectivity index (χ4v) is 4.73. The van der Waals surface area contributed by atoms with E-state index in [1.54, 1.807) is 7.05 Å². The van der Waals surface area contributed by atoms with Gasteiger partial charge in [0.2, 0.25) is 5.91 Å². The lowest BCUT2D eigenvalue weighted by Gasteiger charge is -2.08. The average molecular weight is 422 g/mol. The second-order valence-electron chi connectivity index (χ2n) is 6.66. The number of nitrogens with one attached hydrogen (secondary N) is 1. The third kappa shape index (κ3) is 4.26. The Morgan fingerprint density at radius 3 is 2.59 bits per heavy atom. The zero-order valence-corrected chi connectivity index (χ0v) is 17.6. The van der Waals surface area contributed by atoms with Crippen LogP contribution in [0.15, 0.2) is 70.6 Å². The molecule has 0 aliphatic rings. The number of thiophene rings is 1. The third-order valence-corrected chi connectivity index (χ3v) is 6.57. The van der Waals surface area contributed by atoms with Crippen molar-refractivity contribution in [1.29, 1.82) is 0 Å². The van der Waals surface area contributed by atoms with Crippen LogP contribution < -0.4 is 10.9 Å². The molecule has 2 aromatic heterocycles. The second kappa shape index (κ2) is 8.23. The van der Waals surface area contributed by atoms with E-state index >= 15 is 0 Å². The minimum Gasteiger partial charge on any atom is -0.325 e. The fraction of sp³-hybridized carbons (Fsp3) is 0.136. The van der Waals surface area contributed by atoms with Gasteiger partial charge < -0.3 is 5.32 Å². The summed E-state index contributed by atoms with van der Waals surface area (Å²) >= 11 is 2.75. The molecule has 0 aliphatic heterocycles. The number of benzene rings is 2. The lowest BCUT2D eigenvalue weighted by molar-refractivity contribution is -0.113. The molecule has 4 rings (SSSR count). The summed E-state index contributed by atoms with van der Waals surface area (Å²) in [7, 11) is 1.69. The number of amides is 1. The molecular formula is C22H19N3O2S2. The lowest BCUT2D eigenvalue weighted by Crippen LogP contribution is -2.20. The monoisotopic (exact) mass is 421 g/mol. The van der Waals surface area contributed by atoms with Crippen molar-refractivity contribution in [2.24, 2.45) is 7.05 Å². The topological polar surface area (TPSA) is 64.0 Å². The van der Waals surface area contributed by atoms with Crippen molar-refractivity contribution in [2.75, 3.05) is 11.1 Å². The van der Waals surface area contributed by atoms with E-state index < -0.39 is 0 Å². The summed E-state index contributed by atoms with van der Waals surface area (Å²) in [5.74, 6) is 0.0423. The van der Waals surface area contributed by atoms with E-state index in [0.29, 0.717) is 15.4 Å². The highest BCUT2D eigenvalue weighted by atomic mass is 32.2. The Hall–Kier alpha value is -2.90. The van der Waals surface area contributed by atoms with Crippen LogP contribution >= 0.6 is 23.1 Å². The lowest BCUT2D eigenvalue weighted by atomic mass is 10.2. The number of rotatable bonds is 5. The number of hydrogen-bond acceptors (Lipinski definition) is 5. The van der Waals surface area contributed by atoms with Gasteiger partial charge in [0.15, 0.2) is 5.16 Å². The van der Waals surface area contributed by atoms with Gasteiger partial charge in [-0.25, -0.2) is 4.98 Å². The molecule has 0 unspecified atom stereocenters. The molecule has 0 saturated heterocycles. The molecule has 0 spiro atoms. The van der Waals surface area contributed by atoms with E-state index in [4.69, 9.17) is 0 Å². The van der Waals surface area contributed by atoms with Gasteiger partial charge in [0.05, 0.1) is 11.1 Å². The first kappa shape index (κ1) is 19.4. The summed E-state index contributed by atoms with van der Waals surface area (Å²) in [5.41, 5.74) is 2.85. The zero-order valence-electron chi connectivity index (χ0n) is 16.0. The van der Waals surface area contributed by atoms with Crippen molar-refractivity contribution in [3.63, 3.8) is 0 Å². The number of thioether (sulfide) groups is 1. The Morgan fingerprint density at radius 1 is 1.14 bits per heavy atom. The molecule has 2 heterocycles. The van der Waals surface area contributed by atoms with Crippen molar-refractivity contribution >= 4 is 44.9 Å². The van der Waals surface area contributed by atoms with Crippen LogP contribution in [0.2, 0.25) is 0 Å². The van der Waals surface area contributed by atoms with Gasteiger partial charge in [-0.2, -0.15) is 0 Å². The van der Waals surface area contributed by atoms with E-state index in [1.165, 1.54) is 27.7 Å². The van der Waals surface area contributed by atoms with Gasteiger partial charge >= 0.3 is 0 Å². The Kier molecular flexibility index (Phi) is 5.51. The predicted molar refractivity (Wildman–Crippen MR) is 121 cm³/mol. The Balaban J connectivity index is 1.54. The molecule has 1 amide bonds. The number of aryl methyl sites for hydroxylation is 1. The molecule has 0 aliphatic carbocycles. The third-order valence-electron chi connectivity index (χ3n) is 4.46. The summed E-state index contributed by atoms with van der Waals surface area (Å²) in [6.07, 6.45) is 0. The van der Waals surface area contributed by atoms with Crippen LogP contribution in [0.3, 0.4) is 0 Å². The van der Waals surface area contributed by atoms with Crippen LogP contribution in [0.4, 0.5) is 5.69 Å². The molecule has 0 radical (unpaired) electrons. The first-order chi connectivity index (χ1) is 14.0. The van der Waals surface area contributed by atoms with Gasteiger partial charge in [0.1, 0.15) is 4.83 Å². The minimum absolute atomic E-state index is 0.102. The van der Waals surface area contributed by atoms with Crippen LogP contribution in [0.25, 0.3) is 20.7 Å². The van der Waals surface area contributed by atoms with Crippen molar-refractivity contribution in [3.05, 3.63) is 76.6 Å². The first-order valence-electron chi connectivity index (χ1n) is 9.06. The molecule has 0 saturated carbocycles. The van der Waals surface area contributed by atoms with Crippen molar-refractivity contribution in [2.45, 2.75) is 12.1 Å². The maximum Gasteiger partial charge on any atom is 0.262 e. The molecule has 5 nitrogen and oxygen atoms in total. The summed E-state index contributed by atoms with van der Waals surface area (Å²) in [6, 6.07) is 19.5. The zero-order chi connectivity index (χ0) is 20.4. The molecule has 146 valence electrons. The van der Waals surface area contributed by atoms with Crippen molar-refractivity contribution in [1.82, 2.24) is 9.55 Å². The Morgan fingerprint density at radius 2 is 1.86 bits per heavy atom. The number of carbonyl (C=O) groups excluding carboxylic acids is 1. The van der Waals surface area contributed by atoms with Gasteiger partial charge in [0.25, 0.3) is 5.56 Å². The molecule has 2 aromatic carbocycles. The van der Waals surface area contributed by atoms with E-state index in [0.717, 1.165) is 21.7 Å². The normalized spacial score (nSPS) is 11.0. The van der Waals surface area contributed by atoms with Crippen LogP contribution in [0, 0.1) is 6.92 Å². The van der Waals surface area contributed by atoms with E-state index in [1.807, 2.05) is 67.6 Å². The van der Waals surface area contributed by atoms with Gasteiger partial charge in [-0.1, -0.05) is 59.8 Å². The number of hydrogen-bond donors (Lipinski definition) is 1. The maximum atomic E-state index is 12.8. The largest absolute Gasteiger partial charge is 0.325 e. The van der Waals surface area contributed by atoms with Crippen LogP contribution in [-0.4, -0.2) is 21.2 Å². The molecule has 4 aromatic rings. The first-order valence-corrected chi connectivity index (χ1v) is 10.9. The number of nitrogens with zero attached hydrogens (tertiary/aromatic N) is 2. The number of anilines is 1. The van der Waals surface area contributed by atoms with Gasteiger partial charge in [-0.05, 0) is 30.7 Å². The minimum atomic E-state index is -0.135. The highest BCUT2D eigenvalue weighted by Gasteiger charge is 2.14. The molecule has 1 N–H and O–H groups in total. The summed E-state index contributed by atoms with van der Waals surface area (Å²) in [5, 5.41) is 4.00. The summed E-state index contributed by atoms with van der Waals surface area (Å²) in [6.45, 7) is 2.00. The Bertz CT molecular complexity index is 1230. The quantitative estimate of drug-likeness (QED) is 0.375. The van der Waals surface area contributed by atoms with Gasteiger partial charge in [0, 0.05) is 17.6 Å². The van der Waals surface area contributed by atoms with Crippen LogP contribution in [-0.2, 0) is 11.8 Å². The fourth-order valence-electron chi connectivity index (χ4n) is 2.88. The highest BCUT2D eigenvalue weighted by molar-refractivity contribution is 7.99. The van der Waals surface area contributed by atoms with Crippen molar-refractivity contribution < 1.29 is 4.79 Å². The smallest absolute Gasteiger partial charge is 0.262 e. The van der Waals surface area contributed by atoms with E-state index in [2.05, 4.69) is 10.3 Å².